The Bertz CT molecular complexity index is 872. The second kappa shape index (κ2) is 9.31. The summed E-state index contributed by atoms with van der Waals surface area (Å²) in [4.78, 5) is 29.0. The lowest BCUT2D eigenvalue weighted by Crippen LogP contribution is -2.49. The highest BCUT2D eigenvalue weighted by atomic mass is 35.5. The zero-order valence-corrected chi connectivity index (χ0v) is 18.0. The number of piperazine rings is 1. The molecule has 5 nitrogen and oxygen atoms in total. The highest BCUT2D eigenvalue weighted by Gasteiger charge is 2.25. The second-order valence-electron chi connectivity index (χ2n) is 7.93. The molecule has 154 valence electrons. The molecule has 1 aliphatic heterocycles. The van der Waals surface area contributed by atoms with Gasteiger partial charge in [-0.3, -0.25) is 9.59 Å². The van der Waals surface area contributed by atoms with E-state index in [9.17, 15) is 9.59 Å². The molecule has 0 aromatic heterocycles. The molecule has 1 heterocycles. The van der Waals surface area contributed by atoms with Crippen LogP contribution in [0.4, 0.5) is 11.4 Å². The van der Waals surface area contributed by atoms with Crippen LogP contribution in [0.5, 0.6) is 0 Å². The number of aryl methyl sites for hydroxylation is 1. The third-order valence-electron chi connectivity index (χ3n) is 5.04. The molecule has 1 saturated heterocycles. The van der Waals surface area contributed by atoms with Gasteiger partial charge in [-0.05, 0) is 37.1 Å². The second-order valence-corrected chi connectivity index (χ2v) is 8.33. The lowest BCUT2D eigenvalue weighted by Gasteiger charge is -2.37. The van der Waals surface area contributed by atoms with Crippen molar-refractivity contribution in [2.24, 2.45) is 5.92 Å². The predicted octanol–water partition coefficient (Wildman–Crippen LogP) is 4.60. The van der Waals surface area contributed by atoms with E-state index in [-0.39, 0.29) is 17.7 Å². The van der Waals surface area contributed by atoms with Crippen molar-refractivity contribution >= 4 is 34.8 Å². The average Bonchev–Trinajstić information content (AvgIpc) is 2.68. The van der Waals surface area contributed by atoms with Gasteiger partial charge in [-0.25, -0.2) is 0 Å². The molecule has 1 aliphatic rings. The third kappa shape index (κ3) is 5.30. The monoisotopic (exact) mass is 413 g/mol. The SMILES string of the molecule is Cc1ccc(C(=O)N2CCN(c3c(Cl)cccc3NC(=O)CC(C)C)CC2)cc1. The van der Waals surface area contributed by atoms with Crippen molar-refractivity contribution in [1.29, 1.82) is 0 Å². The Kier molecular flexibility index (Phi) is 6.80. The smallest absolute Gasteiger partial charge is 0.253 e. The van der Waals surface area contributed by atoms with E-state index in [0.29, 0.717) is 43.2 Å². The number of hydrogen-bond donors (Lipinski definition) is 1. The van der Waals surface area contributed by atoms with E-state index in [1.165, 1.54) is 0 Å². The summed E-state index contributed by atoms with van der Waals surface area (Å²) in [5, 5.41) is 3.60. The quantitative estimate of drug-likeness (QED) is 0.779. The summed E-state index contributed by atoms with van der Waals surface area (Å²) >= 11 is 6.49. The number of carbonyl (C=O) groups is 2. The van der Waals surface area contributed by atoms with E-state index >= 15 is 0 Å². The van der Waals surface area contributed by atoms with E-state index in [2.05, 4.69) is 10.2 Å². The minimum atomic E-state index is -0.0169. The van der Waals surface area contributed by atoms with Gasteiger partial charge in [-0.2, -0.15) is 0 Å². The molecule has 2 amide bonds. The molecule has 2 aromatic carbocycles. The minimum absolute atomic E-state index is 0.0169. The zero-order chi connectivity index (χ0) is 21.0. The first-order valence-electron chi connectivity index (χ1n) is 10.0. The molecule has 1 fully saturated rings. The Morgan fingerprint density at radius 3 is 2.31 bits per heavy atom. The van der Waals surface area contributed by atoms with Gasteiger partial charge in [-0.1, -0.05) is 49.2 Å². The Labute approximate surface area is 177 Å². The number of carbonyl (C=O) groups excluding carboxylic acids is 2. The van der Waals surface area contributed by atoms with Crippen molar-refractivity contribution in [3.05, 3.63) is 58.6 Å². The molecule has 0 spiro atoms. The normalized spacial score (nSPS) is 14.2. The highest BCUT2D eigenvalue weighted by molar-refractivity contribution is 6.34. The molecule has 0 atom stereocenters. The van der Waals surface area contributed by atoms with Crippen LogP contribution >= 0.6 is 11.6 Å². The van der Waals surface area contributed by atoms with E-state index < -0.39 is 0 Å². The summed E-state index contributed by atoms with van der Waals surface area (Å²) in [6, 6.07) is 13.2. The fourth-order valence-corrected chi connectivity index (χ4v) is 3.82. The van der Waals surface area contributed by atoms with Crippen LogP contribution in [0.15, 0.2) is 42.5 Å². The number of benzene rings is 2. The van der Waals surface area contributed by atoms with Gasteiger partial charge in [0.15, 0.2) is 0 Å². The van der Waals surface area contributed by atoms with Gasteiger partial charge in [-0.15, -0.1) is 0 Å². The van der Waals surface area contributed by atoms with Gasteiger partial charge in [0, 0.05) is 38.2 Å². The molecule has 0 radical (unpaired) electrons. The van der Waals surface area contributed by atoms with E-state index in [4.69, 9.17) is 11.6 Å². The number of amides is 2. The van der Waals surface area contributed by atoms with Crippen LogP contribution < -0.4 is 10.2 Å². The average molecular weight is 414 g/mol. The first-order valence-corrected chi connectivity index (χ1v) is 10.4. The molecule has 2 aromatic rings. The van der Waals surface area contributed by atoms with E-state index in [1.54, 1.807) is 0 Å². The molecule has 6 heteroatoms. The van der Waals surface area contributed by atoms with Gasteiger partial charge >= 0.3 is 0 Å². The summed E-state index contributed by atoms with van der Waals surface area (Å²) < 4.78 is 0. The summed E-state index contributed by atoms with van der Waals surface area (Å²) in [5.74, 6) is 0.319. The van der Waals surface area contributed by atoms with E-state index in [1.807, 2.05) is 68.1 Å². The first kappa shape index (κ1) is 21.2. The number of anilines is 2. The van der Waals surface area contributed by atoms with Crippen molar-refractivity contribution in [2.75, 3.05) is 36.4 Å². The molecule has 0 bridgehead atoms. The highest BCUT2D eigenvalue weighted by Crippen LogP contribution is 2.35. The summed E-state index contributed by atoms with van der Waals surface area (Å²) in [6.07, 6.45) is 0.463. The standard InChI is InChI=1S/C23H28ClN3O2/c1-16(2)15-21(28)25-20-6-4-5-19(24)22(20)26-11-13-27(14-12-26)23(29)18-9-7-17(3)8-10-18/h4-10,16H,11-15H2,1-3H3,(H,25,28). The maximum atomic E-state index is 12.8. The Hall–Kier alpha value is -2.53. The molecular formula is C23H28ClN3O2. The number of para-hydroxylation sites is 1. The molecule has 0 saturated carbocycles. The topological polar surface area (TPSA) is 52.7 Å². The third-order valence-corrected chi connectivity index (χ3v) is 5.34. The lowest BCUT2D eigenvalue weighted by atomic mass is 10.1. The van der Waals surface area contributed by atoms with Gasteiger partial charge in [0.25, 0.3) is 5.91 Å². The van der Waals surface area contributed by atoms with Crippen molar-refractivity contribution in [3.63, 3.8) is 0 Å². The molecule has 0 aliphatic carbocycles. The predicted molar refractivity (Wildman–Crippen MR) is 119 cm³/mol. The van der Waals surface area contributed by atoms with E-state index in [0.717, 1.165) is 16.9 Å². The van der Waals surface area contributed by atoms with Crippen molar-refractivity contribution in [1.82, 2.24) is 4.90 Å². The van der Waals surface area contributed by atoms with Crippen molar-refractivity contribution < 1.29 is 9.59 Å². The molecule has 3 rings (SSSR count). The van der Waals surface area contributed by atoms with Crippen LogP contribution in [0.25, 0.3) is 0 Å². The van der Waals surface area contributed by atoms with Crippen LogP contribution in [-0.2, 0) is 4.79 Å². The number of nitrogens with one attached hydrogen (secondary N) is 1. The van der Waals surface area contributed by atoms with Crippen LogP contribution in [-0.4, -0.2) is 42.9 Å². The Morgan fingerprint density at radius 2 is 1.69 bits per heavy atom. The fraction of sp³-hybridized carbons (Fsp3) is 0.391. The number of hydrogen-bond acceptors (Lipinski definition) is 3. The number of nitrogens with zero attached hydrogens (tertiary/aromatic N) is 2. The number of rotatable bonds is 5. The van der Waals surface area contributed by atoms with Crippen molar-refractivity contribution in [3.8, 4) is 0 Å². The lowest BCUT2D eigenvalue weighted by molar-refractivity contribution is -0.116. The summed E-state index contributed by atoms with van der Waals surface area (Å²) in [5.41, 5.74) is 3.40. The zero-order valence-electron chi connectivity index (χ0n) is 17.2. The molecule has 29 heavy (non-hydrogen) atoms. The molecule has 1 N–H and O–H groups in total. The molecule has 0 unspecified atom stereocenters. The minimum Gasteiger partial charge on any atom is -0.365 e. The van der Waals surface area contributed by atoms with Crippen LogP contribution in [0.2, 0.25) is 5.02 Å². The van der Waals surface area contributed by atoms with Gasteiger partial charge < -0.3 is 15.1 Å². The summed E-state index contributed by atoms with van der Waals surface area (Å²) in [7, 11) is 0. The Balaban J connectivity index is 1.69. The summed E-state index contributed by atoms with van der Waals surface area (Å²) in [6.45, 7) is 8.58. The van der Waals surface area contributed by atoms with Crippen molar-refractivity contribution in [2.45, 2.75) is 27.2 Å². The fourth-order valence-electron chi connectivity index (χ4n) is 3.52. The van der Waals surface area contributed by atoms with Crippen LogP contribution in [0.3, 0.4) is 0 Å². The van der Waals surface area contributed by atoms with Crippen LogP contribution in [0.1, 0.15) is 36.2 Å². The first-order chi connectivity index (χ1) is 13.8. The maximum absolute atomic E-state index is 12.8. The van der Waals surface area contributed by atoms with Gasteiger partial charge in [0.2, 0.25) is 5.91 Å². The maximum Gasteiger partial charge on any atom is 0.253 e. The van der Waals surface area contributed by atoms with Gasteiger partial charge in [0.05, 0.1) is 16.4 Å². The van der Waals surface area contributed by atoms with Gasteiger partial charge in [0.1, 0.15) is 0 Å². The Morgan fingerprint density at radius 1 is 1.03 bits per heavy atom. The van der Waals surface area contributed by atoms with Crippen LogP contribution in [0, 0.1) is 12.8 Å². The largest absolute Gasteiger partial charge is 0.365 e. The molecular weight excluding hydrogens is 386 g/mol. The number of halogens is 1.